The molecule has 114 valence electrons. The third-order valence-electron chi connectivity index (χ3n) is 3.81. The van der Waals surface area contributed by atoms with Crippen LogP contribution in [-0.4, -0.2) is 35.0 Å². The summed E-state index contributed by atoms with van der Waals surface area (Å²) in [5.74, 6) is 0.429. The van der Waals surface area contributed by atoms with Gasteiger partial charge in [-0.25, -0.2) is 0 Å². The maximum absolute atomic E-state index is 11.7. The van der Waals surface area contributed by atoms with Crippen LogP contribution in [0.25, 0.3) is 0 Å². The molecule has 2 N–H and O–H groups in total. The first-order chi connectivity index (χ1) is 10.2. The van der Waals surface area contributed by atoms with Crippen LogP contribution in [-0.2, 0) is 11.3 Å². The highest BCUT2D eigenvalue weighted by Gasteiger charge is 2.20. The molecule has 0 aliphatic carbocycles. The third-order valence-corrected chi connectivity index (χ3v) is 3.81. The zero-order valence-corrected chi connectivity index (χ0v) is 12.6. The number of nitrogens with zero attached hydrogens (tertiary/aromatic N) is 1. The Kier molecular flexibility index (Phi) is 5.81. The quantitative estimate of drug-likeness (QED) is 0.818. The zero-order chi connectivity index (χ0) is 15.1. The maximum Gasteiger partial charge on any atom is 0.224 e. The molecule has 0 unspecified atom stereocenters. The van der Waals surface area contributed by atoms with Crippen LogP contribution in [0, 0.1) is 0 Å². The van der Waals surface area contributed by atoms with E-state index in [1.54, 1.807) is 6.07 Å². The Morgan fingerprint density at radius 1 is 1.43 bits per heavy atom. The van der Waals surface area contributed by atoms with Crippen LogP contribution in [0.5, 0.6) is 5.75 Å². The van der Waals surface area contributed by atoms with Gasteiger partial charge in [0.05, 0.1) is 0 Å². The van der Waals surface area contributed by atoms with Crippen molar-refractivity contribution in [2.45, 2.75) is 38.8 Å². The van der Waals surface area contributed by atoms with E-state index in [9.17, 15) is 9.90 Å². The summed E-state index contributed by atoms with van der Waals surface area (Å²) in [5, 5.41) is 12.6. The van der Waals surface area contributed by atoms with Gasteiger partial charge in [0, 0.05) is 32.1 Å². The molecule has 0 spiro atoms. The highest BCUT2D eigenvalue weighted by atomic mass is 16.3. The van der Waals surface area contributed by atoms with E-state index in [-0.39, 0.29) is 5.91 Å². The molecule has 0 bridgehead atoms. The van der Waals surface area contributed by atoms with Gasteiger partial charge in [0.15, 0.2) is 0 Å². The lowest BCUT2D eigenvalue weighted by Crippen LogP contribution is -2.44. The van der Waals surface area contributed by atoms with Gasteiger partial charge >= 0.3 is 0 Å². The van der Waals surface area contributed by atoms with E-state index in [4.69, 9.17) is 0 Å². The van der Waals surface area contributed by atoms with E-state index in [1.165, 1.54) is 0 Å². The van der Waals surface area contributed by atoms with Gasteiger partial charge in [0.1, 0.15) is 5.75 Å². The lowest BCUT2D eigenvalue weighted by Gasteiger charge is -2.32. The van der Waals surface area contributed by atoms with E-state index < -0.39 is 0 Å². The van der Waals surface area contributed by atoms with Crippen LogP contribution >= 0.6 is 0 Å². The monoisotopic (exact) mass is 288 g/mol. The number of piperidine rings is 1. The fourth-order valence-corrected chi connectivity index (χ4v) is 2.66. The highest BCUT2D eigenvalue weighted by molar-refractivity contribution is 5.77. The van der Waals surface area contributed by atoms with E-state index in [1.807, 2.05) is 37.3 Å². The van der Waals surface area contributed by atoms with Gasteiger partial charge in [-0.3, -0.25) is 9.69 Å². The summed E-state index contributed by atoms with van der Waals surface area (Å²) in [6, 6.07) is 7.70. The first kappa shape index (κ1) is 15.6. The van der Waals surface area contributed by atoms with Gasteiger partial charge in [-0.05, 0) is 37.5 Å². The number of amides is 1. The summed E-state index contributed by atoms with van der Waals surface area (Å²) in [6.45, 7) is 4.73. The molecule has 1 aliphatic rings. The fourth-order valence-electron chi connectivity index (χ4n) is 2.66. The Morgan fingerprint density at radius 3 is 2.86 bits per heavy atom. The lowest BCUT2D eigenvalue weighted by atomic mass is 10.0. The van der Waals surface area contributed by atoms with Crippen LogP contribution in [0.4, 0.5) is 0 Å². The second-order valence-corrected chi connectivity index (χ2v) is 5.56. The number of benzene rings is 1. The Hall–Kier alpha value is -1.81. The number of rotatable bonds is 5. The van der Waals surface area contributed by atoms with Crippen LogP contribution in [0.2, 0.25) is 0 Å². The van der Waals surface area contributed by atoms with Gasteiger partial charge in [0.2, 0.25) is 5.91 Å². The van der Waals surface area contributed by atoms with E-state index >= 15 is 0 Å². The van der Waals surface area contributed by atoms with Crippen molar-refractivity contribution in [3.05, 3.63) is 42.0 Å². The van der Waals surface area contributed by atoms with Crippen molar-refractivity contribution in [1.82, 2.24) is 10.2 Å². The Balaban J connectivity index is 1.74. The minimum atomic E-state index is 0.111. The number of aromatic hydroxyl groups is 1. The van der Waals surface area contributed by atoms with Crippen molar-refractivity contribution in [2.24, 2.45) is 0 Å². The lowest BCUT2D eigenvalue weighted by molar-refractivity contribution is -0.121. The molecule has 1 saturated heterocycles. The van der Waals surface area contributed by atoms with E-state index in [2.05, 4.69) is 10.2 Å². The van der Waals surface area contributed by atoms with Crippen LogP contribution in [0.15, 0.2) is 36.4 Å². The first-order valence-electron chi connectivity index (χ1n) is 7.58. The number of nitrogens with one attached hydrogen (secondary N) is 1. The molecule has 1 aliphatic heterocycles. The summed E-state index contributed by atoms with van der Waals surface area (Å²) in [5.41, 5.74) is 1.13. The number of phenolic OH excluding ortho intramolecular Hbond substituents is 1. The second kappa shape index (κ2) is 7.84. The molecule has 1 fully saturated rings. The average Bonchev–Trinajstić information content (AvgIpc) is 2.47. The van der Waals surface area contributed by atoms with E-state index in [0.29, 0.717) is 18.2 Å². The Morgan fingerprint density at radius 2 is 2.19 bits per heavy atom. The number of likely N-dealkylation sites (tertiary alicyclic amines) is 1. The molecule has 1 aromatic carbocycles. The average molecular weight is 288 g/mol. The largest absolute Gasteiger partial charge is 0.508 e. The summed E-state index contributed by atoms with van der Waals surface area (Å²) >= 11 is 0. The van der Waals surface area contributed by atoms with Crippen molar-refractivity contribution < 1.29 is 9.90 Å². The zero-order valence-electron chi connectivity index (χ0n) is 12.6. The molecular formula is C17H24N2O2. The number of allylic oxidation sites excluding steroid dienone is 1. The van der Waals surface area contributed by atoms with Crippen molar-refractivity contribution in [1.29, 1.82) is 0 Å². The number of carbonyl (C=O) groups is 1. The predicted octanol–water partition coefficient (Wildman–Crippen LogP) is 2.44. The SMILES string of the molecule is C/C=C/CC(=O)NC1CCN(Cc2cccc(O)c2)CC1. The van der Waals surface area contributed by atoms with Crippen molar-refractivity contribution in [3.8, 4) is 5.75 Å². The Labute approximate surface area is 126 Å². The van der Waals surface area contributed by atoms with Crippen molar-refractivity contribution in [2.75, 3.05) is 13.1 Å². The summed E-state index contributed by atoms with van der Waals surface area (Å²) in [4.78, 5) is 14.0. The number of carbonyl (C=O) groups excluding carboxylic acids is 1. The topological polar surface area (TPSA) is 52.6 Å². The normalized spacial score (nSPS) is 17.2. The molecule has 0 radical (unpaired) electrons. The molecule has 4 nitrogen and oxygen atoms in total. The molecule has 1 amide bonds. The minimum Gasteiger partial charge on any atom is -0.508 e. The number of hydrogen-bond donors (Lipinski definition) is 2. The molecule has 0 atom stereocenters. The molecule has 2 rings (SSSR count). The molecular weight excluding hydrogens is 264 g/mol. The maximum atomic E-state index is 11.7. The van der Waals surface area contributed by atoms with Gasteiger partial charge in [-0.15, -0.1) is 0 Å². The Bertz CT molecular complexity index is 491. The summed E-state index contributed by atoms with van der Waals surface area (Å²) < 4.78 is 0. The smallest absolute Gasteiger partial charge is 0.224 e. The summed E-state index contributed by atoms with van der Waals surface area (Å²) in [6.07, 6.45) is 6.23. The van der Waals surface area contributed by atoms with Gasteiger partial charge in [-0.2, -0.15) is 0 Å². The highest BCUT2D eigenvalue weighted by Crippen LogP contribution is 2.17. The predicted molar refractivity (Wildman–Crippen MR) is 84.0 cm³/mol. The standard InChI is InChI=1S/C17H24N2O2/c1-2-3-7-17(21)18-15-8-10-19(11-9-15)13-14-5-4-6-16(20)12-14/h2-6,12,15,20H,7-11,13H2,1H3,(H,18,21)/b3-2+. The van der Waals surface area contributed by atoms with Crippen LogP contribution < -0.4 is 5.32 Å². The molecule has 0 saturated carbocycles. The molecule has 0 aromatic heterocycles. The van der Waals surface area contributed by atoms with E-state index in [0.717, 1.165) is 38.0 Å². The third kappa shape index (κ3) is 5.23. The van der Waals surface area contributed by atoms with Crippen LogP contribution in [0.3, 0.4) is 0 Å². The van der Waals surface area contributed by atoms with Gasteiger partial charge in [-0.1, -0.05) is 24.3 Å². The molecule has 1 heterocycles. The van der Waals surface area contributed by atoms with Crippen LogP contribution in [0.1, 0.15) is 31.7 Å². The second-order valence-electron chi connectivity index (χ2n) is 5.56. The molecule has 21 heavy (non-hydrogen) atoms. The van der Waals surface area contributed by atoms with Gasteiger partial charge in [0.25, 0.3) is 0 Å². The number of hydrogen-bond acceptors (Lipinski definition) is 3. The molecule has 1 aromatic rings. The van der Waals surface area contributed by atoms with Gasteiger partial charge < -0.3 is 10.4 Å². The fraction of sp³-hybridized carbons (Fsp3) is 0.471. The van der Waals surface area contributed by atoms with Crippen molar-refractivity contribution >= 4 is 5.91 Å². The van der Waals surface area contributed by atoms with Crippen molar-refractivity contribution in [3.63, 3.8) is 0 Å². The summed E-state index contributed by atoms with van der Waals surface area (Å²) in [7, 11) is 0. The molecule has 4 heteroatoms. The number of phenols is 1. The first-order valence-corrected chi connectivity index (χ1v) is 7.58. The minimum absolute atomic E-state index is 0.111.